The first-order valence-corrected chi connectivity index (χ1v) is 5.84. The summed E-state index contributed by atoms with van der Waals surface area (Å²) in [7, 11) is 1.09. The number of hydrogen-bond acceptors (Lipinski definition) is 5. The number of alkyl halides is 3. The van der Waals surface area contributed by atoms with Crippen molar-refractivity contribution in [3.05, 3.63) is 47.2 Å². The van der Waals surface area contributed by atoms with E-state index in [4.69, 9.17) is 5.73 Å². The van der Waals surface area contributed by atoms with E-state index in [-0.39, 0.29) is 11.1 Å². The molecule has 8 heteroatoms. The summed E-state index contributed by atoms with van der Waals surface area (Å²) in [6.07, 6.45) is -0.512. The first kappa shape index (κ1) is 15.0. The SMILES string of the molecule is COC(=O)c1cc(C(F)(F)F)cc(C2(N)C=CNC=N2)c1. The zero-order valence-electron chi connectivity index (χ0n) is 10.9. The van der Waals surface area contributed by atoms with Crippen molar-refractivity contribution < 1.29 is 22.7 Å². The van der Waals surface area contributed by atoms with Crippen LogP contribution in [0.15, 0.2) is 35.5 Å². The molecule has 0 aliphatic carbocycles. The van der Waals surface area contributed by atoms with Crippen LogP contribution in [-0.4, -0.2) is 19.4 Å². The number of halogens is 3. The van der Waals surface area contributed by atoms with Crippen LogP contribution in [0.4, 0.5) is 13.2 Å². The van der Waals surface area contributed by atoms with Gasteiger partial charge in [0.05, 0.1) is 24.6 Å². The van der Waals surface area contributed by atoms with E-state index in [9.17, 15) is 18.0 Å². The highest BCUT2D eigenvalue weighted by Gasteiger charge is 2.35. The van der Waals surface area contributed by atoms with Crippen LogP contribution in [0.25, 0.3) is 0 Å². The van der Waals surface area contributed by atoms with Gasteiger partial charge in [-0.3, -0.25) is 5.73 Å². The highest BCUT2D eigenvalue weighted by molar-refractivity contribution is 5.90. The van der Waals surface area contributed by atoms with Gasteiger partial charge < -0.3 is 10.1 Å². The van der Waals surface area contributed by atoms with Gasteiger partial charge in [0, 0.05) is 6.20 Å². The van der Waals surface area contributed by atoms with E-state index in [1.807, 2.05) is 0 Å². The number of methoxy groups -OCH3 is 1. The van der Waals surface area contributed by atoms with Gasteiger partial charge in [0.15, 0.2) is 5.66 Å². The summed E-state index contributed by atoms with van der Waals surface area (Å²) >= 11 is 0. The number of aliphatic imine (C=N–C) groups is 1. The van der Waals surface area contributed by atoms with Crippen LogP contribution in [0.3, 0.4) is 0 Å². The molecule has 0 amide bonds. The fourth-order valence-electron chi connectivity index (χ4n) is 1.83. The number of nitrogens with one attached hydrogen (secondary N) is 1. The zero-order chi connectivity index (χ0) is 15.7. The Morgan fingerprint density at radius 3 is 2.62 bits per heavy atom. The molecule has 0 radical (unpaired) electrons. The third kappa shape index (κ3) is 3.05. The Morgan fingerprint density at radius 2 is 2.10 bits per heavy atom. The maximum Gasteiger partial charge on any atom is 0.416 e. The lowest BCUT2D eigenvalue weighted by Crippen LogP contribution is -2.36. The van der Waals surface area contributed by atoms with Gasteiger partial charge in [-0.05, 0) is 29.8 Å². The summed E-state index contributed by atoms with van der Waals surface area (Å²) in [6, 6.07) is 2.81. The zero-order valence-corrected chi connectivity index (χ0v) is 10.9. The summed E-state index contributed by atoms with van der Waals surface area (Å²) < 4.78 is 43.3. The molecule has 21 heavy (non-hydrogen) atoms. The fraction of sp³-hybridized carbons (Fsp3) is 0.231. The summed E-state index contributed by atoms with van der Waals surface area (Å²) in [4.78, 5) is 15.4. The largest absolute Gasteiger partial charge is 0.465 e. The van der Waals surface area contributed by atoms with Gasteiger partial charge in [-0.1, -0.05) is 0 Å². The van der Waals surface area contributed by atoms with Gasteiger partial charge in [-0.25, -0.2) is 9.79 Å². The predicted molar refractivity (Wildman–Crippen MR) is 69.4 cm³/mol. The van der Waals surface area contributed by atoms with Crippen LogP contribution in [0.2, 0.25) is 0 Å². The third-order valence-corrected chi connectivity index (χ3v) is 2.93. The number of hydrogen-bond donors (Lipinski definition) is 2. The van der Waals surface area contributed by atoms with Crippen LogP contribution < -0.4 is 11.1 Å². The van der Waals surface area contributed by atoms with Crippen molar-refractivity contribution in [1.82, 2.24) is 5.32 Å². The standard InChI is InChI=1S/C13H12F3N3O2/c1-21-11(20)8-4-9(6-10(5-8)13(14,15)16)12(17)2-3-18-7-19-12/h2-7H,17H2,1H3,(H,18,19). The van der Waals surface area contributed by atoms with E-state index < -0.39 is 23.4 Å². The molecule has 1 aromatic carbocycles. The van der Waals surface area contributed by atoms with Crippen LogP contribution in [0.1, 0.15) is 21.5 Å². The average molecular weight is 299 g/mol. The van der Waals surface area contributed by atoms with Gasteiger partial charge in [-0.2, -0.15) is 13.2 Å². The van der Waals surface area contributed by atoms with Crippen molar-refractivity contribution in [2.45, 2.75) is 11.8 Å². The Labute approximate surface area is 118 Å². The van der Waals surface area contributed by atoms with Crippen molar-refractivity contribution >= 4 is 12.3 Å². The smallest absolute Gasteiger partial charge is 0.416 e. The van der Waals surface area contributed by atoms with E-state index in [1.165, 1.54) is 24.7 Å². The van der Waals surface area contributed by atoms with Crippen molar-refractivity contribution in [2.75, 3.05) is 7.11 Å². The first-order valence-electron chi connectivity index (χ1n) is 5.84. The van der Waals surface area contributed by atoms with E-state index in [0.29, 0.717) is 6.07 Å². The lowest BCUT2D eigenvalue weighted by atomic mass is 9.95. The number of rotatable bonds is 2. The molecule has 0 saturated heterocycles. The molecule has 1 aliphatic heterocycles. The number of carbonyl (C=O) groups is 1. The van der Waals surface area contributed by atoms with Gasteiger partial charge in [0.1, 0.15) is 0 Å². The van der Waals surface area contributed by atoms with Gasteiger partial charge in [-0.15, -0.1) is 0 Å². The molecule has 1 unspecified atom stereocenters. The molecule has 2 rings (SSSR count). The molecular formula is C13H12F3N3O2. The number of nitrogens with zero attached hydrogens (tertiary/aromatic N) is 1. The predicted octanol–water partition coefficient (Wildman–Crippen LogP) is 1.75. The minimum atomic E-state index is -4.62. The number of ether oxygens (including phenoxy) is 1. The molecule has 1 atom stereocenters. The van der Waals surface area contributed by atoms with Crippen molar-refractivity contribution in [2.24, 2.45) is 10.7 Å². The van der Waals surface area contributed by atoms with Crippen LogP contribution in [-0.2, 0) is 16.6 Å². The quantitative estimate of drug-likeness (QED) is 0.816. The molecule has 0 spiro atoms. The van der Waals surface area contributed by atoms with E-state index >= 15 is 0 Å². The maximum absolute atomic E-state index is 12.9. The lowest BCUT2D eigenvalue weighted by molar-refractivity contribution is -0.137. The Kier molecular flexibility index (Phi) is 3.73. The molecule has 5 nitrogen and oxygen atoms in total. The number of benzene rings is 1. The van der Waals surface area contributed by atoms with Crippen molar-refractivity contribution in [1.29, 1.82) is 0 Å². The Bertz CT molecular complexity index is 612. The monoisotopic (exact) mass is 299 g/mol. The highest BCUT2D eigenvalue weighted by atomic mass is 19.4. The molecule has 0 fully saturated rings. The minimum Gasteiger partial charge on any atom is -0.465 e. The molecule has 3 N–H and O–H groups in total. The van der Waals surface area contributed by atoms with Crippen molar-refractivity contribution in [3.8, 4) is 0 Å². The molecule has 1 aromatic rings. The summed E-state index contributed by atoms with van der Waals surface area (Å²) in [5, 5.41) is 2.64. The first-order chi connectivity index (χ1) is 9.76. The summed E-state index contributed by atoms with van der Waals surface area (Å²) in [5.41, 5.74) is 3.28. The molecular weight excluding hydrogens is 287 g/mol. The average Bonchev–Trinajstić information content (AvgIpc) is 2.46. The molecule has 0 aromatic heterocycles. The maximum atomic E-state index is 12.9. The number of esters is 1. The summed E-state index contributed by atoms with van der Waals surface area (Å²) in [5.74, 6) is -0.882. The van der Waals surface area contributed by atoms with E-state index in [2.05, 4.69) is 15.0 Å². The third-order valence-electron chi connectivity index (χ3n) is 2.93. The molecule has 1 aliphatic rings. The van der Waals surface area contributed by atoms with Crippen LogP contribution >= 0.6 is 0 Å². The van der Waals surface area contributed by atoms with Gasteiger partial charge >= 0.3 is 12.1 Å². The normalized spacial score (nSPS) is 21.0. The second-order valence-corrected chi connectivity index (χ2v) is 4.37. The second kappa shape index (κ2) is 5.21. The van der Waals surface area contributed by atoms with E-state index in [1.54, 1.807) is 0 Å². The highest BCUT2D eigenvalue weighted by Crippen LogP contribution is 2.34. The van der Waals surface area contributed by atoms with Gasteiger partial charge in [0.25, 0.3) is 0 Å². The summed E-state index contributed by atoms with van der Waals surface area (Å²) in [6.45, 7) is 0. The Balaban J connectivity index is 2.60. The fourth-order valence-corrected chi connectivity index (χ4v) is 1.83. The number of nitrogens with two attached hydrogens (primary N) is 1. The molecule has 0 bridgehead atoms. The Hall–Kier alpha value is -2.35. The van der Waals surface area contributed by atoms with Gasteiger partial charge in [0.2, 0.25) is 0 Å². The minimum absolute atomic E-state index is 0.0340. The topological polar surface area (TPSA) is 76.7 Å². The van der Waals surface area contributed by atoms with E-state index in [0.717, 1.165) is 13.2 Å². The van der Waals surface area contributed by atoms with Crippen LogP contribution in [0, 0.1) is 0 Å². The molecule has 0 saturated carbocycles. The number of carbonyl (C=O) groups excluding carboxylic acids is 1. The Morgan fingerprint density at radius 1 is 1.38 bits per heavy atom. The molecule has 1 heterocycles. The van der Waals surface area contributed by atoms with Crippen LogP contribution in [0.5, 0.6) is 0 Å². The second-order valence-electron chi connectivity index (χ2n) is 4.37. The lowest BCUT2D eigenvalue weighted by Gasteiger charge is -2.25. The molecule has 112 valence electrons. The van der Waals surface area contributed by atoms with Crippen molar-refractivity contribution in [3.63, 3.8) is 0 Å².